The summed E-state index contributed by atoms with van der Waals surface area (Å²) in [7, 11) is -4.12. The first kappa shape index (κ1) is 25.0. The molecule has 0 fully saturated rings. The van der Waals surface area contributed by atoms with Gasteiger partial charge in [-0.05, 0) is 42.5 Å². The van der Waals surface area contributed by atoms with Crippen LogP contribution >= 0.6 is 34.5 Å². The van der Waals surface area contributed by atoms with E-state index < -0.39 is 27.3 Å². The van der Waals surface area contributed by atoms with Crippen molar-refractivity contribution in [2.75, 3.05) is 18.4 Å². The van der Waals surface area contributed by atoms with E-state index in [1.807, 2.05) is 4.72 Å². The molecule has 2 amide bonds. The molecule has 11 nitrogen and oxygen atoms in total. The number of thiophene rings is 1. The molecule has 0 atom stereocenters. The molecular formula is C22H16Cl2N6O5S2. The SMILES string of the molecule is O=C(Nc1ccc(-n2c(=O)[nH]c3cc(C4=NCCN4)ccc3c2=O)c(Cl)c1)NS(=O)(=O)c1ccc(Cl)s1. The fourth-order valence-corrected chi connectivity index (χ4v) is 6.37. The zero-order chi connectivity index (χ0) is 26.3. The molecule has 5 rings (SSSR count). The Kier molecular flexibility index (Phi) is 6.54. The molecule has 0 saturated heterocycles. The van der Waals surface area contributed by atoms with E-state index in [9.17, 15) is 22.8 Å². The maximum Gasteiger partial charge on any atom is 0.333 e. The minimum absolute atomic E-state index is 0.0289. The second kappa shape index (κ2) is 9.67. The predicted octanol–water partition coefficient (Wildman–Crippen LogP) is 2.91. The van der Waals surface area contributed by atoms with Gasteiger partial charge in [0, 0.05) is 17.8 Å². The number of carbonyl (C=O) groups excluding carboxylic acids is 1. The molecule has 1 aliphatic heterocycles. The van der Waals surface area contributed by atoms with Gasteiger partial charge in [0.1, 0.15) is 10.0 Å². The molecular weight excluding hydrogens is 563 g/mol. The lowest BCUT2D eigenvalue weighted by Gasteiger charge is -2.12. The number of hydrogen-bond acceptors (Lipinski definition) is 8. The number of halogens is 2. The van der Waals surface area contributed by atoms with Crippen molar-refractivity contribution in [2.24, 2.45) is 4.99 Å². The molecule has 4 N–H and O–H groups in total. The molecule has 0 bridgehead atoms. The van der Waals surface area contributed by atoms with Crippen LogP contribution in [0, 0.1) is 0 Å². The Morgan fingerprint density at radius 1 is 1.08 bits per heavy atom. The summed E-state index contributed by atoms with van der Waals surface area (Å²) in [6.07, 6.45) is 0. The Labute approximate surface area is 222 Å². The van der Waals surface area contributed by atoms with Crippen LogP contribution in [0.2, 0.25) is 9.36 Å². The third-order valence-corrected chi connectivity index (χ3v) is 8.69. The molecule has 1 aliphatic rings. The van der Waals surface area contributed by atoms with Gasteiger partial charge in [-0.3, -0.25) is 9.79 Å². The summed E-state index contributed by atoms with van der Waals surface area (Å²) in [5, 5.41) is 5.72. The van der Waals surface area contributed by atoms with Crippen molar-refractivity contribution < 1.29 is 13.2 Å². The lowest BCUT2D eigenvalue weighted by atomic mass is 10.1. The highest BCUT2D eigenvalue weighted by atomic mass is 35.5. The van der Waals surface area contributed by atoms with Gasteiger partial charge < -0.3 is 15.6 Å². The number of amides is 2. The number of benzene rings is 2. The lowest BCUT2D eigenvalue weighted by Crippen LogP contribution is -2.34. The Balaban J connectivity index is 1.41. The number of fused-ring (bicyclic) bond motifs is 1. The molecule has 0 aliphatic carbocycles. The largest absolute Gasteiger partial charge is 0.368 e. The van der Waals surface area contributed by atoms with Gasteiger partial charge in [-0.1, -0.05) is 29.3 Å². The summed E-state index contributed by atoms with van der Waals surface area (Å²) in [6.45, 7) is 1.37. The highest BCUT2D eigenvalue weighted by molar-refractivity contribution is 7.92. The summed E-state index contributed by atoms with van der Waals surface area (Å²) in [4.78, 5) is 45.3. The van der Waals surface area contributed by atoms with E-state index in [4.69, 9.17) is 23.2 Å². The summed E-state index contributed by atoms with van der Waals surface area (Å²) in [6, 6.07) is 10.7. The van der Waals surface area contributed by atoms with Crippen LogP contribution in [0.3, 0.4) is 0 Å². The fourth-order valence-electron chi connectivity index (χ4n) is 3.71. The molecule has 0 saturated carbocycles. The molecule has 2 aromatic carbocycles. The van der Waals surface area contributed by atoms with E-state index in [-0.39, 0.29) is 30.3 Å². The molecule has 2 aromatic heterocycles. The Bertz CT molecular complexity index is 1830. The van der Waals surface area contributed by atoms with E-state index in [1.165, 1.54) is 30.3 Å². The third kappa shape index (κ3) is 4.98. The molecule has 15 heteroatoms. The topological polar surface area (TPSA) is 155 Å². The summed E-state index contributed by atoms with van der Waals surface area (Å²) < 4.78 is 27.5. The van der Waals surface area contributed by atoms with Crippen molar-refractivity contribution in [3.8, 4) is 5.69 Å². The van der Waals surface area contributed by atoms with Gasteiger partial charge in [0.05, 0.1) is 32.5 Å². The van der Waals surface area contributed by atoms with Crippen molar-refractivity contribution >= 4 is 73.0 Å². The number of anilines is 1. The van der Waals surface area contributed by atoms with Crippen LogP contribution in [0.25, 0.3) is 16.6 Å². The standard InChI is InChI=1S/C22H16Cl2N6O5S2/c23-14-10-12(27-21(32)29-37(34,35)18-6-5-17(24)36-18)2-4-16(14)30-20(31)13-3-1-11(19-25-7-8-26-19)9-15(13)28-22(30)33/h1-6,9-10H,7-8H2,(H,25,26)(H,28,33)(H2,27,29,32). The van der Waals surface area contributed by atoms with E-state index in [1.54, 1.807) is 18.2 Å². The number of aliphatic imine (C=N–C) groups is 1. The number of sulfonamides is 1. The maximum atomic E-state index is 13.2. The monoisotopic (exact) mass is 578 g/mol. The van der Waals surface area contributed by atoms with E-state index in [0.717, 1.165) is 28.0 Å². The van der Waals surface area contributed by atoms with Gasteiger partial charge in [-0.25, -0.2) is 27.3 Å². The quantitative estimate of drug-likeness (QED) is 0.285. The van der Waals surface area contributed by atoms with Gasteiger partial charge in [-0.2, -0.15) is 0 Å². The minimum Gasteiger partial charge on any atom is -0.368 e. The van der Waals surface area contributed by atoms with Crippen LogP contribution in [-0.4, -0.2) is 42.9 Å². The molecule has 190 valence electrons. The van der Waals surface area contributed by atoms with Crippen LogP contribution in [0.4, 0.5) is 10.5 Å². The van der Waals surface area contributed by atoms with Gasteiger partial charge >= 0.3 is 11.7 Å². The van der Waals surface area contributed by atoms with Gasteiger partial charge in [0.15, 0.2) is 0 Å². The number of H-pyrrole nitrogens is 1. The van der Waals surface area contributed by atoms with Crippen LogP contribution in [0.1, 0.15) is 5.56 Å². The Morgan fingerprint density at radius 2 is 1.89 bits per heavy atom. The highest BCUT2D eigenvalue weighted by Gasteiger charge is 2.20. The van der Waals surface area contributed by atoms with Crippen molar-refractivity contribution in [3.05, 3.63) is 84.3 Å². The van der Waals surface area contributed by atoms with Gasteiger partial charge in [0.25, 0.3) is 15.6 Å². The first-order valence-corrected chi connectivity index (χ1v) is 13.6. The molecule has 0 spiro atoms. The third-order valence-electron chi connectivity index (χ3n) is 5.33. The summed E-state index contributed by atoms with van der Waals surface area (Å²) >= 11 is 12.9. The number of aromatic amines is 1. The van der Waals surface area contributed by atoms with Crippen molar-refractivity contribution in [2.45, 2.75) is 4.21 Å². The number of carbonyl (C=O) groups is 1. The second-order valence-electron chi connectivity index (χ2n) is 7.77. The average Bonchev–Trinajstić information content (AvgIpc) is 3.52. The number of nitrogens with one attached hydrogen (secondary N) is 4. The van der Waals surface area contributed by atoms with Crippen LogP contribution in [-0.2, 0) is 10.0 Å². The Hall–Kier alpha value is -3.65. The van der Waals surface area contributed by atoms with Crippen LogP contribution in [0.15, 0.2) is 67.3 Å². The lowest BCUT2D eigenvalue weighted by molar-refractivity contribution is 0.256. The number of nitrogens with zero attached hydrogens (tertiary/aromatic N) is 2. The highest BCUT2D eigenvalue weighted by Crippen LogP contribution is 2.26. The summed E-state index contributed by atoms with van der Waals surface area (Å²) in [5.41, 5.74) is -0.00385. The van der Waals surface area contributed by atoms with Gasteiger partial charge in [-0.15, -0.1) is 11.3 Å². The predicted molar refractivity (Wildman–Crippen MR) is 143 cm³/mol. The summed E-state index contributed by atoms with van der Waals surface area (Å²) in [5.74, 6) is 0.689. The molecule has 37 heavy (non-hydrogen) atoms. The fraction of sp³-hybridized carbons (Fsp3) is 0.0909. The normalized spacial score (nSPS) is 13.3. The van der Waals surface area contributed by atoms with Crippen LogP contribution in [0.5, 0.6) is 0 Å². The minimum atomic E-state index is -4.12. The molecule has 0 radical (unpaired) electrons. The molecule has 3 heterocycles. The number of rotatable bonds is 5. The Morgan fingerprint density at radius 3 is 2.57 bits per heavy atom. The number of hydrogen-bond donors (Lipinski definition) is 4. The number of urea groups is 1. The second-order valence-corrected chi connectivity index (χ2v) is 11.8. The van der Waals surface area contributed by atoms with E-state index >= 15 is 0 Å². The molecule has 0 unspecified atom stereocenters. The van der Waals surface area contributed by atoms with Crippen molar-refractivity contribution in [3.63, 3.8) is 0 Å². The number of aromatic nitrogens is 2. The zero-order valence-electron chi connectivity index (χ0n) is 18.5. The van der Waals surface area contributed by atoms with Gasteiger partial charge in [0.2, 0.25) is 0 Å². The average molecular weight is 579 g/mol. The maximum absolute atomic E-state index is 13.2. The number of amidine groups is 1. The van der Waals surface area contributed by atoms with Crippen molar-refractivity contribution in [1.82, 2.24) is 19.6 Å². The van der Waals surface area contributed by atoms with Crippen molar-refractivity contribution in [1.29, 1.82) is 0 Å². The zero-order valence-corrected chi connectivity index (χ0v) is 21.7. The van der Waals surface area contributed by atoms with E-state index in [0.29, 0.717) is 17.9 Å². The first-order chi connectivity index (χ1) is 17.6. The first-order valence-electron chi connectivity index (χ1n) is 10.6. The molecule has 4 aromatic rings. The van der Waals surface area contributed by atoms with E-state index in [2.05, 4.69) is 20.6 Å². The van der Waals surface area contributed by atoms with Crippen LogP contribution < -0.4 is 26.6 Å². The smallest absolute Gasteiger partial charge is 0.333 e.